The van der Waals surface area contributed by atoms with Gasteiger partial charge in [-0.2, -0.15) is 0 Å². The first-order valence-electron chi connectivity index (χ1n) is 6.93. The maximum absolute atomic E-state index is 6.39. The molecule has 2 rings (SSSR count). The maximum Gasteiger partial charge on any atom is 0.111 e. The van der Waals surface area contributed by atoms with Crippen LogP contribution in [0.5, 0.6) is 0 Å². The Balaban J connectivity index is 2.59. The molecule has 2 aromatic rings. The summed E-state index contributed by atoms with van der Waals surface area (Å²) >= 11 is 12.3. The van der Waals surface area contributed by atoms with Crippen molar-refractivity contribution in [1.29, 1.82) is 0 Å². The highest BCUT2D eigenvalue weighted by Crippen LogP contribution is 2.30. The SMILES string of the molecule is CCCC(COC)n1c(CCCl)nc2cccc(Cl)c21. The summed E-state index contributed by atoms with van der Waals surface area (Å²) in [4.78, 5) is 4.69. The molecule has 3 nitrogen and oxygen atoms in total. The van der Waals surface area contributed by atoms with Gasteiger partial charge in [-0.15, -0.1) is 11.6 Å². The van der Waals surface area contributed by atoms with Crippen LogP contribution in [0.3, 0.4) is 0 Å². The molecule has 1 unspecified atom stereocenters. The molecule has 1 aromatic heterocycles. The predicted octanol–water partition coefficient (Wildman–Crippen LogP) is 4.46. The van der Waals surface area contributed by atoms with Crippen molar-refractivity contribution in [3.8, 4) is 0 Å². The number of rotatable bonds is 7. The highest BCUT2D eigenvalue weighted by atomic mass is 35.5. The van der Waals surface area contributed by atoms with Crippen molar-refractivity contribution in [3.63, 3.8) is 0 Å². The van der Waals surface area contributed by atoms with Gasteiger partial charge >= 0.3 is 0 Å². The first kappa shape index (κ1) is 15.6. The molecular weight excluding hydrogens is 295 g/mol. The molecule has 0 spiro atoms. The highest BCUT2D eigenvalue weighted by Gasteiger charge is 2.20. The van der Waals surface area contributed by atoms with Gasteiger partial charge in [0.05, 0.1) is 28.7 Å². The zero-order valence-corrected chi connectivity index (χ0v) is 13.4. The number of benzene rings is 1. The summed E-state index contributed by atoms with van der Waals surface area (Å²) in [5.41, 5.74) is 1.92. The number of hydrogen-bond donors (Lipinski definition) is 0. The van der Waals surface area contributed by atoms with E-state index in [2.05, 4.69) is 16.5 Å². The van der Waals surface area contributed by atoms with Crippen molar-refractivity contribution >= 4 is 34.2 Å². The number of para-hydroxylation sites is 1. The Morgan fingerprint density at radius 2 is 2.20 bits per heavy atom. The van der Waals surface area contributed by atoms with Crippen molar-refractivity contribution in [2.75, 3.05) is 19.6 Å². The third-order valence-electron chi connectivity index (χ3n) is 3.40. The molecule has 0 N–H and O–H groups in total. The van der Waals surface area contributed by atoms with Gasteiger partial charge in [0.15, 0.2) is 0 Å². The lowest BCUT2D eigenvalue weighted by atomic mass is 10.1. The van der Waals surface area contributed by atoms with E-state index in [0.29, 0.717) is 12.5 Å². The summed E-state index contributed by atoms with van der Waals surface area (Å²) in [6.45, 7) is 2.82. The minimum absolute atomic E-state index is 0.244. The average Bonchev–Trinajstić information content (AvgIpc) is 2.78. The number of nitrogens with zero attached hydrogens (tertiary/aromatic N) is 2. The van der Waals surface area contributed by atoms with Crippen LogP contribution in [-0.4, -0.2) is 29.1 Å². The van der Waals surface area contributed by atoms with Crippen molar-refractivity contribution in [2.45, 2.75) is 32.2 Å². The molecule has 20 heavy (non-hydrogen) atoms. The van der Waals surface area contributed by atoms with E-state index in [1.165, 1.54) is 0 Å². The molecule has 1 heterocycles. The minimum Gasteiger partial charge on any atom is -0.383 e. The molecule has 0 radical (unpaired) electrons. The van der Waals surface area contributed by atoms with E-state index >= 15 is 0 Å². The van der Waals surface area contributed by atoms with Crippen LogP contribution in [0.4, 0.5) is 0 Å². The van der Waals surface area contributed by atoms with Crippen molar-refractivity contribution < 1.29 is 4.74 Å². The molecule has 5 heteroatoms. The number of aryl methyl sites for hydroxylation is 1. The van der Waals surface area contributed by atoms with Gasteiger partial charge in [-0.3, -0.25) is 0 Å². The Hall–Kier alpha value is -0.770. The number of imidazole rings is 1. The van der Waals surface area contributed by atoms with E-state index in [-0.39, 0.29) is 6.04 Å². The summed E-state index contributed by atoms with van der Waals surface area (Å²) in [7, 11) is 1.73. The van der Waals surface area contributed by atoms with Crippen LogP contribution in [0.1, 0.15) is 31.6 Å². The summed E-state index contributed by atoms with van der Waals surface area (Å²) < 4.78 is 7.59. The van der Waals surface area contributed by atoms with E-state index in [4.69, 9.17) is 27.9 Å². The molecule has 0 bridgehead atoms. The molecule has 0 aliphatic carbocycles. The third kappa shape index (κ3) is 3.11. The van der Waals surface area contributed by atoms with Crippen LogP contribution >= 0.6 is 23.2 Å². The van der Waals surface area contributed by atoms with Crippen LogP contribution in [-0.2, 0) is 11.2 Å². The fourth-order valence-corrected chi connectivity index (χ4v) is 3.05. The lowest BCUT2D eigenvalue weighted by molar-refractivity contribution is 0.151. The lowest BCUT2D eigenvalue weighted by Gasteiger charge is -2.21. The number of aromatic nitrogens is 2. The molecule has 0 fully saturated rings. The maximum atomic E-state index is 6.39. The van der Waals surface area contributed by atoms with Gasteiger partial charge in [-0.25, -0.2) is 4.98 Å². The van der Waals surface area contributed by atoms with E-state index < -0.39 is 0 Å². The zero-order chi connectivity index (χ0) is 14.5. The summed E-state index contributed by atoms with van der Waals surface area (Å²) in [5.74, 6) is 1.53. The Morgan fingerprint density at radius 1 is 1.40 bits per heavy atom. The first-order chi connectivity index (χ1) is 9.72. The van der Waals surface area contributed by atoms with Crippen LogP contribution in [0.25, 0.3) is 11.0 Å². The van der Waals surface area contributed by atoms with Crippen LogP contribution < -0.4 is 0 Å². The second-order valence-electron chi connectivity index (χ2n) is 4.84. The first-order valence-corrected chi connectivity index (χ1v) is 7.84. The quantitative estimate of drug-likeness (QED) is 0.705. The van der Waals surface area contributed by atoms with E-state index in [1.54, 1.807) is 7.11 Å². The second-order valence-corrected chi connectivity index (χ2v) is 5.63. The number of hydrogen-bond acceptors (Lipinski definition) is 2. The molecule has 1 atom stereocenters. The Morgan fingerprint density at radius 3 is 2.85 bits per heavy atom. The number of fused-ring (bicyclic) bond motifs is 1. The topological polar surface area (TPSA) is 27.1 Å². The molecule has 0 aliphatic heterocycles. The zero-order valence-electron chi connectivity index (χ0n) is 11.9. The highest BCUT2D eigenvalue weighted by molar-refractivity contribution is 6.35. The Kier molecular flexibility index (Phi) is 5.70. The largest absolute Gasteiger partial charge is 0.383 e. The second kappa shape index (κ2) is 7.30. The van der Waals surface area contributed by atoms with Crippen molar-refractivity contribution in [1.82, 2.24) is 9.55 Å². The normalized spacial score (nSPS) is 13.0. The van der Waals surface area contributed by atoms with Crippen LogP contribution in [0.15, 0.2) is 18.2 Å². The fourth-order valence-electron chi connectivity index (χ4n) is 2.62. The van der Waals surface area contributed by atoms with Gasteiger partial charge in [0.1, 0.15) is 5.82 Å². The van der Waals surface area contributed by atoms with E-state index in [9.17, 15) is 0 Å². The number of methoxy groups -OCH3 is 1. The van der Waals surface area contributed by atoms with Crippen molar-refractivity contribution in [3.05, 3.63) is 29.0 Å². The van der Waals surface area contributed by atoms with Crippen molar-refractivity contribution in [2.24, 2.45) is 0 Å². The summed E-state index contributed by atoms with van der Waals surface area (Å²) in [6, 6.07) is 6.07. The molecule has 1 aromatic carbocycles. The molecule has 0 saturated heterocycles. The van der Waals surface area contributed by atoms with Crippen LogP contribution in [0.2, 0.25) is 5.02 Å². The van der Waals surface area contributed by atoms with E-state index in [1.807, 2.05) is 18.2 Å². The smallest absolute Gasteiger partial charge is 0.111 e. The predicted molar refractivity (Wildman–Crippen MR) is 85.0 cm³/mol. The lowest BCUT2D eigenvalue weighted by Crippen LogP contribution is -2.17. The molecule has 0 amide bonds. The molecule has 0 saturated carbocycles. The summed E-state index contributed by atoms with van der Waals surface area (Å²) in [5, 5.41) is 0.730. The van der Waals surface area contributed by atoms with Gasteiger partial charge in [0.25, 0.3) is 0 Å². The fraction of sp³-hybridized carbons (Fsp3) is 0.533. The minimum atomic E-state index is 0.244. The van der Waals surface area contributed by atoms with Gasteiger partial charge < -0.3 is 9.30 Å². The number of halogens is 2. The van der Waals surface area contributed by atoms with Gasteiger partial charge in [0.2, 0.25) is 0 Å². The van der Waals surface area contributed by atoms with Gasteiger partial charge in [-0.05, 0) is 18.6 Å². The standard InChI is InChI=1S/C15H20Cl2N2O/c1-3-5-11(10-20-2)19-14(8-9-16)18-13-7-4-6-12(17)15(13)19/h4,6-7,11H,3,5,8-10H2,1-2H3. The summed E-state index contributed by atoms with van der Waals surface area (Å²) in [6.07, 6.45) is 2.84. The number of ether oxygens (including phenoxy) is 1. The Bertz CT molecular complexity index is 562. The van der Waals surface area contributed by atoms with Gasteiger partial charge in [-0.1, -0.05) is 31.0 Å². The van der Waals surface area contributed by atoms with E-state index in [0.717, 1.165) is 41.1 Å². The molecule has 110 valence electrons. The van der Waals surface area contributed by atoms with Gasteiger partial charge in [0, 0.05) is 19.4 Å². The monoisotopic (exact) mass is 314 g/mol. The average molecular weight is 315 g/mol. The number of alkyl halides is 1. The molecular formula is C15H20Cl2N2O. The Labute approximate surface area is 129 Å². The third-order valence-corrected chi connectivity index (χ3v) is 3.89. The molecule has 0 aliphatic rings. The van der Waals surface area contributed by atoms with Crippen LogP contribution in [0, 0.1) is 0 Å².